The van der Waals surface area contributed by atoms with Crippen molar-refractivity contribution in [1.29, 1.82) is 0 Å². The third-order valence-electron chi connectivity index (χ3n) is 12.3. The standard InChI is InChI=1S/C55H104O6/c1-4-7-10-13-16-19-22-25-26-27-28-29-31-33-36-39-42-45-48-54(57)60-51-52(50-59-53(56)47-44-41-38-35-32-24-21-18-15-12-9-6-3)61-55(58)49-46-43-40-37-34-30-23-20-17-14-11-8-5-2/h18,21,52H,4-17,19-20,22-51H2,1-3H3/b21-18-/t52-/m1/s1. The molecule has 0 aromatic rings. The highest BCUT2D eigenvalue weighted by molar-refractivity contribution is 5.71. The van der Waals surface area contributed by atoms with Gasteiger partial charge in [-0.15, -0.1) is 0 Å². The average molecular weight is 861 g/mol. The minimum absolute atomic E-state index is 0.0669. The van der Waals surface area contributed by atoms with Gasteiger partial charge in [0.1, 0.15) is 13.2 Å². The maximum absolute atomic E-state index is 12.8. The predicted molar refractivity (Wildman–Crippen MR) is 261 cm³/mol. The Hall–Kier alpha value is -1.85. The Morgan fingerprint density at radius 2 is 0.541 bits per heavy atom. The lowest BCUT2D eigenvalue weighted by Crippen LogP contribution is -2.30. The Bertz CT molecular complexity index is 947. The van der Waals surface area contributed by atoms with E-state index in [9.17, 15) is 14.4 Å². The van der Waals surface area contributed by atoms with Gasteiger partial charge >= 0.3 is 17.9 Å². The lowest BCUT2D eigenvalue weighted by Gasteiger charge is -2.18. The number of unbranched alkanes of at least 4 members (excludes halogenated alkanes) is 37. The van der Waals surface area contributed by atoms with Gasteiger partial charge in [0.2, 0.25) is 0 Å². The fourth-order valence-corrected chi connectivity index (χ4v) is 8.14. The first-order valence-corrected chi connectivity index (χ1v) is 27.2. The second kappa shape index (κ2) is 50.8. The van der Waals surface area contributed by atoms with Crippen molar-refractivity contribution < 1.29 is 28.6 Å². The van der Waals surface area contributed by atoms with Crippen LogP contribution in [0.2, 0.25) is 0 Å². The SMILES string of the molecule is CCCCC/C=C\CCCCCCCC(=O)OC[C@H](COC(=O)CCCCCCCCCCCCCCCCCCCC)OC(=O)CCCCCCCCCCCCCCC. The van der Waals surface area contributed by atoms with Gasteiger partial charge in [-0.25, -0.2) is 0 Å². The molecule has 0 fully saturated rings. The summed E-state index contributed by atoms with van der Waals surface area (Å²) < 4.78 is 16.8. The Labute approximate surface area is 380 Å². The van der Waals surface area contributed by atoms with Crippen molar-refractivity contribution in [2.45, 2.75) is 309 Å². The summed E-state index contributed by atoms with van der Waals surface area (Å²) in [4.78, 5) is 38.0. The molecule has 0 aromatic carbocycles. The van der Waals surface area contributed by atoms with Gasteiger partial charge in [-0.2, -0.15) is 0 Å². The predicted octanol–water partition coefficient (Wildman–Crippen LogP) is 17.8. The number of carbonyl (C=O) groups excluding carboxylic acids is 3. The largest absolute Gasteiger partial charge is 0.462 e. The Kier molecular flexibility index (Phi) is 49.3. The molecule has 0 unspecified atom stereocenters. The van der Waals surface area contributed by atoms with Crippen LogP contribution in [0.15, 0.2) is 12.2 Å². The Balaban J connectivity index is 4.28. The summed E-state index contributed by atoms with van der Waals surface area (Å²) >= 11 is 0. The van der Waals surface area contributed by atoms with E-state index in [4.69, 9.17) is 14.2 Å². The molecule has 0 saturated carbocycles. The van der Waals surface area contributed by atoms with Crippen molar-refractivity contribution in [2.24, 2.45) is 0 Å². The molecule has 360 valence electrons. The second-order valence-electron chi connectivity index (χ2n) is 18.5. The average Bonchev–Trinajstić information content (AvgIpc) is 3.26. The number of ether oxygens (including phenoxy) is 3. The van der Waals surface area contributed by atoms with Gasteiger partial charge in [-0.3, -0.25) is 14.4 Å². The first-order chi connectivity index (χ1) is 30.0. The Morgan fingerprint density at radius 1 is 0.311 bits per heavy atom. The van der Waals surface area contributed by atoms with Crippen LogP contribution < -0.4 is 0 Å². The highest BCUT2D eigenvalue weighted by atomic mass is 16.6. The summed E-state index contributed by atoms with van der Waals surface area (Å²) in [6.07, 6.45) is 56.2. The number of carbonyl (C=O) groups is 3. The molecule has 6 nitrogen and oxygen atoms in total. The van der Waals surface area contributed by atoms with Crippen LogP contribution in [-0.2, 0) is 28.6 Å². The molecule has 61 heavy (non-hydrogen) atoms. The van der Waals surface area contributed by atoms with Gasteiger partial charge in [0.05, 0.1) is 0 Å². The third kappa shape index (κ3) is 49.0. The molecule has 0 radical (unpaired) electrons. The van der Waals surface area contributed by atoms with E-state index in [1.165, 1.54) is 199 Å². The van der Waals surface area contributed by atoms with E-state index >= 15 is 0 Å². The monoisotopic (exact) mass is 861 g/mol. The number of allylic oxidation sites excluding steroid dienone is 2. The normalized spacial score (nSPS) is 12.0. The van der Waals surface area contributed by atoms with Gasteiger partial charge in [0.25, 0.3) is 0 Å². The lowest BCUT2D eigenvalue weighted by molar-refractivity contribution is -0.167. The van der Waals surface area contributed by atoms with E-state index in [1.807, 2.05) is 0 Å². The van der Waals surface area contributed by atoms with Crippen LogP contribution in [0.25, 0.3) is 0 Å². The van der Waals surface area contributed by atoms with Gasteiger partial charge in [-0.1, -0.05) is 251 Å². The zero-order chi connectivity index (χ0) is 44.4. The van der Waals surface area contributed by atoms with Crippen molar-refractivity contribution in [3.05, 3.63) is 12.2 Å². The van der Waals surface area contributed by atoms with Crippen LogP contribution >= 0.6 is 0 Å². The van der Waals surface area contributed by atoms with E-state index in [1.54, 1.807) is 0 Å². The van der Waals surface area contributed by atoms with Crippen LogP contribution in [0.3, 0.4) is 0 Å². The summed E-state index contributed by atoms with van der Waals surface area (Å²) in [5.74, 6) is -0.857. The van der Waals surface area contributed by atoms with Gasteiger partial charge in [0.15, 0.2) is 6.10 Å². The highest BCUT2D eigenvalue weighted by Crippen LogP contribution is 2.17. The topological polar surface area (TPSA) is 78.9 Å². The zero-order valence-electron chi connectivity index (χ0n) is 41.2. The molecule has 6 heteroatoms. The maximum atomic E-state index is 12.8. The molecule has 0 amide bonds. The maximum Gasteiger partial charge on any atom is 0.306 e. The third-order valence-corrected chi connectivity index (χ3v) is 12.3. The molecule has 0 spiro atoms. The molecular weight excluding hydrogens is 757 g/mol. The highest BCUT2D eigenvalue weighted by Gasteiger charge is 2.19. The second-order valence-corrected chi connectivity index (χ2v) is 18.5. The van der Waals surface area contributed by atoms with Crippen LogP contribution in [0.5, 0.6) is 0 Å². The molecule has 0 aliphatic rings. The number of esters is 3. The van der Waals surface area contributed by atoms with Crippen LogP contribution in [0.1, 0.15) is 303 Å². The van der Waals surface area contributed by atoms with E-state index in [2.05, 4.69) is 32.9 Å². The first kappa shape index (κ1) is 59.1. The minimum Gasteiger partial charge on any atom is -0.462 e. The summed E-state index contributed by atoms with van der Waals surface area (Å²) in [5, 5.41) is 0. The zero-order valence-corrected chi connectivity index (χ0v) is 41.2. The van der Waals surface area contributed by atoms with Crippen molar-refractivity contribution in [2.75, 3.05) is 13.2 Å². The van der Waals surface area contributed by atoms with Gasteiger partial charge in [0, 0.05) is 19.3 Å². The van der Waals surface area contributed by atoms with Crippen molar-refractivity contribution in [1.82, 2.24) is 0 Å². The molecule has 0 rings (SSSR count). The van der Waals surface area contributed by atoms with Crippen molar-refractivity contribution >= 4 is 17.9 Å². The smallest absolute Gasteiger partial charge is 0.306 e. The molecule has 1 atom stereocenters. The summed E-state index contributed by atoms with van der Waals surface area (Å²) in [5.41, 5.74) is 0. The molecular formula is C55H104O6. The summed E-state index contributed by atoms with van der Waals surface area (Å²) in [6, 6.07) is 0. The first-order valence-electron chi connectivity index (χ1n) is 27.2. The van der Waals surface area contributed by atoms with Crippen molar-refractivity contribution in [3.8, 4) is 0 Å². The molecule has 0 aromatic heterocycles. The molecule has 0 bridgehead atoms. The summed E-state index contributed by atoms with van der Waals surface area (Å²) in [6.45, 7) is 6.65. The number of hydrogen-bond acceptors (Lipinski definition) is 6. The minimum atomic E-state index is -0.766. The fourth-order valence-electron chi connectivity index (χ4n) is 8.14. The van der Waals surface area contributed by atoms with E-state index in [-0.39, 0.29) is 31.1 Å². The number of hydrogen-bond donors (Lipinski definition) is 0. The lowest BCUT2D eigenvalue weighted by atomic mass is 10.0. The van der Waals surface area contributed by atoms with Gasteiger partial charge in [-0.05, 0) is 44.9 Å². The van der Waals surface area contributed by atoms with E-state index in [0.29, 0.717) is 19.3 Å². The molecule has 0 aliphatic carbocycles. The quantitative estimate of drug-likeness (QED) is 0.0262. The van der Waals surface area contributed by atoms with Crippen LogP contribution in [0, 0.1) is 0 Å². The van der Waals surface area contributed by atoms with Crippen LogP contribution in [-0.4, -0.2) is 37.2 Å². The van der Waals surface area contributed by atoms with Crippen molar-refractivity contribution in [3.63, 3.8) is 0 Å². The molecule has 0 aliphatic heterocycles. The molecule has 0 saturated heterocycles. The Morgan fingerprint density at radius 3 is 0.852 bits per heavy atom. The van der Waals surface area contributed by atoms with Gasteiger partial charge < -0.3 is 14.2 Å². The molecule has 0 heterocycles. The number of rotatable bonds is 50. The van der Waals surface area contributed by atoms with Crippen LogP contribution in [0.4, 0.5) is 0 Å². The van der Waals surface area contributed by atoms with E-state index < -0.39 is 6.10 Å². The fraction of sp³-hybridized carbons (Fsp3) is 0.909. The summed E-state index contributed by atoms with van der Waals surface area (Å²) in [7, 11) is 0. The van der Waals surface area contributed by atoms with E-state index in [0.717, 1.165) is 64.2 Å². The molecule has 0 N–H and O–H groups in total.